The molecule has 1 amide bonds. The maximum absolute atomic E-state index is 11.9. The zero-order valence-electron chi connectivity index (χ0n) is 10.7. The summed E-state index contributed by atoms with van der Waals surface area (Å²) in [6.07, 6.45) is -0.0249. The van der Waals surface area contributed by atoms with E-state index in [1.54, 1.807) is 13.0 Å². The smallest absolute Gasteiger partial charge is 0.267 e. The highest BCUT2D eigenvalue weighted by atomic mass is 35.5. The number of nitrogens with one attached hydrogen (secondary N) is 2. The standard InChI is InChI=1S/C13H14ClN3O3/c1-6-12(13(20)17-16-6)8(5-11(15)19)7-2-3-10(18)9(14)4-7/h2-4,8,18H,5H2,1H3,(H2,15,19)(H2,16,17,20). The molecule has 5 N–H and O–H groups in total. The molecule has 0 aliphatic carbocycles. The number of nitrogens with two attached hydrogens (primary N) is 1. The first kappa shape index (κ1) is 14.2. The molecule has 0 bridgehead atoms. The van der Waals surface area contributed by atoms with E-state index in [1.807, 2.05) is 0 Å². The predicted molar refractivity (Wildman–Crippen MR) is 74.9 cm³/mol. The van der Waals surface area contributed by atoms with Crippen molar-refractivity contribution >= 4 is 17.5 Å². The molecule has 0 fully saturated rings. The van der Waals surface area contributed by atoms with E-state index >= 15 is 0 Å². The number of carbonyl (C=O) groups is 1. The van der Waals surface area contributed by atoms with Crippen molar-refractivity contribution < 1.29 is 9.90 Å². The number of amides is 1. The van der Waals surface area contributed by atoms with Crippen LogP contribution in [0.25, 0.3) is 0 Å². The van der Waals surface area contributed by atoms with Crippen molar-refractivity contribution in [2.75, 3.05) is 0 Å². The van der Waals surface area contributed by atoms with Gasteiger partial charge in [0.25, 0.3) is 5.56 Å². The Labute approximate surface area is 119 Å². The number of carbonyl (C=O) groups excluding carboxylic acids is 1. The molecule has 1 aromatic heterocycles. The fourth-order valence-electron chi connectivity index (χ4n) is 2.20. The third kappa shape index (κ3) is 2.70. The van der Waals surface area contributed by atoms with Crippen LogP contribution in [0.4, 0.5) is 0 Å². The molecule has 6 nitrogen and oxygen atoms in total. The van der Waals surface area contributed by atoms with Gasteiger partial charge in [0.05, 0.1) is 5.02 Å². The number of benzene rings is 1. The van der Waals surface area contributed by atoms with Gasteiger partial charge in [0, 0.05) is 23.6 Å². The largest absolute Gasteiger partial charge is 0.506 e. The molecule has 20 heavy (non-hydrogen) atoms. The van der Waals surface area contributed by atoms with E-state index in [1.165, 1.54) is 12.1 Å². The van der Waals surface area contributed by atoms with Crippen molar-refractivity contribution in [1.82, 2.24) is 10.2 Å². The van der Waals surface area contributed by atoms with E-state index < -0.39 is 11.8 Å². The predicted octanol–water partition coefficient (Wildman–Crippen LogP) is 1.38. The number of H-pyrrole nitrogens is 2. The first-order valence-corrected chi connectivity index (χ1v) is 6.31. The quantitative estimate of drug-likeness (QED) is 0.683. The summed E-state index contributed by atoms with van der Waals surface area (Å²) in [6.45, 7) is 1.73. The second-order valence-electron chi connectivity index (χ2n) is 4.55. The Morgan fingerprint density at radius 1 is 1.45 bits per heavy atom. The Bertz CT molecular complexity index is 705. The number of hydrogen-bond acceptors (Lipinski definition) is 3. The summed E-state index contributed by atoms with van der Waals surface area (Å²) in [7, 11) is 0. The number of halogens is 1. The number of aromatic hydroxyl groups is 1. The van der Waals surface area contributed by atoms with Gasteiger partial charge in [-0.15, -0.1) is 0 Å². The number of aromatic amines is 2. The van der Waals surface area contributed by atoms with Crippen molar-refractivity contribution in [1.29, 1.82) is 0 Å². The van der Waals surface area contributed by atoms with Gasteiger partial charge in [-0.1, -0.05) is 17.7 Å². The molecule has 0 spiro atoms. The summed E-state index contributed by atoms with van der Waals surface area (Å²) in [5.41, 5.74) is 6.66. The number of aryl methyl sites for hydroxylation is 1. The Hall–Kier alpha value is -2.21. The van der Waals surface area contributed by atoms with E-state index in [4.69, 9.17) is 17.3 Å². The van der Waals surface area contributed by atoms with Crippen LogP contribution in [0.15, 0.2) is 23.0 Å². The second kappa shape index (κ2) is 5.42. The van der Waals surface area contributed by atoms with Gasteiger partial charge in [-0.25, -0.2) is 0 Å². The number of aromatic nitrogens is 2. The van der Waals surface area contributed by atoms with Gasteiger partial charge in [0.15, 0.2) is 0 Å². The molecule has 1 unspecified atom stereocenters. The molecular weight excluding hydrogens is 282 g/mol. The van der Waals surface area contributed by atoms with Crippen molar-refractivity contribution in [2.45, 2.75) is 19.3 Å². The molecule has 0 aliphatic heterocycles. The molecule has 0 aliphatic rings. The van der Waals surface area contributed by atoms with Crippen LogP contribution in [0.2, 0.25) is 5.02 Å². The van der Waals surface area contributed by atoms with E-state index in [0.29, 0.717) is 16.8 Å². The van der Waals surface area contributed by atoms with E-state index in [0.717, 1.165) is 0 Å². The summed E-state index contributed by atoms with van der Waals surface area (Å²) in [5.74, 6) is -1.10. The van der Waals surface area contributed by atoms with Gasteiger partial charge in [-0.05, 0) is 24.6 Å². The van der Waals surface area contributed by atoms with Crippen LogP contribution in [-0.2, 0) is 4.79 Å². The third-order valence-electron chi connectivity index (χ3n) is 3.14. The molecule has 0 radical (unpaired) electrons. The SMILES string of the molecule is Cc1[nH][nH]c(=O)c1C(CC(N)=O)c1ccc(O)c(Cl)c1. The van der Waals surface area contributed by atoms with Gasteiger partial charge in [-0.2, -0.15) is 0 Å². The van der Waals surface area contributed by atoms with Gasteiger partial charge in [-0.3, -0.25) is 14.7 Å². The maximum atomic E-state index is 11.9. The fourth-order valence-corrected chi connectivity index (χ4v) is 2.39. The normalized spacial score (nSPS) is 12.3. The zero-order chi connectivity index (χ0) is 14.9. The lowest BCUT2D eigenvalue weighted by molar-refractivity contribution is -0.118. The van der Waals surface area contributed by atoms with E-state index in [2.05, 4.69) is 10.2 Å². The molecule has 1 atom stereocenters. The molecule has 1 heterocycles. The Balaban J connectivity index is 2.55. The Kier molecular flexibility index (Phi) is 3.85. The van der Waals surface area contributed by atoms with Crippen LogP contribution in [0.3, 0.4) is 0 Å². The lowest BCUT2D eigenvalue weighted by atomic mass is 9.88. The van der Waals surface area contributed by atoms with Crippen molar-refractivity contribution in [3.8, 4) is 5.75 Å². The minimum absolute atomic E-state index is 0.0249. The molecule has 1 aromatic carbocycles. The molecule has 0 saturated carbocycles. The van der Waals surface area contributed by atoms with Gasteiger partial charge in [0.1, 0.15) is 5.75 Å². The first-order valence-electron chi connectivity index (χ1n) is 5.94. The summed E-state index contributed by atoms with van der Waals surface area (Å²) in [5, 5.41) is 14.8. The highest BCUT2D eigenvalue weighted by Gasteiger charge is 2.23. The molecule has 7 heteroatoms. The number of phenols is 1. The zero-order valence-corrected chi connectivity index (χ0v) is 11.5. The molecule has 0 saturated heterocycles. The van der Waals surface area contributed by atoms with Crippen LogP contribution in [-0.4, -0.2) is 21.2 Å². The van der Waals surface area contributed by atoms with Crippen LogP contribution < -0.4 is 11.3 Å². The Morgan fingerprint density at radius 2 is 2.15 bits per heavy atom. The monoisotopic (exact) mass is 295 g/mol. The first-order chi connectivity index (χ1) is 9.40. The molecule has 106 valence electrons. The third-order valence-corrected chi connectivity index (χ3v) is 3.44. The average molecular weight is 296 g/mol. The summed E-state index contributed by atoms with van der Waals surface area (Å²) < 4.78 is 0. The van der Waals surface area contributed by atoms with E-state index in [9.17, 15) is 14.7 Å². The van der Waals surface area contributed by atoms with E-state index in [-0.39, 0.29) is 22.8 Å². The minimum atomic E-state index is -0.529. The van der Waals surface area contributed by atoms with Crippen molar-refractivity contribution in [3.05, 3.63) is 50.4 Å². The van der Waals surface area contributed by atoms with Crippen LogP contribution >= 0.6 is 11.6 Å². The van der Waals surface area contributed by atoms with Crippen LogP contribution in [0.5, 0.6) is 5.75 Å². The lowest BCUT2D eigenvalue weighted by Crippen LogP contribution is -2.20. The number of hydrogen-bond donors (Lipinski definition) is 4. The molecule has 2 rings (SSSR count). The van der Waals surface area contributed by atoms with Crippen molar-refractivity contribution in [3.63, 3.8) is 0 Å². The molecule has 2 aromatic rings. The van der Waals surface area contributed by atoms with Gasteiger partial charge >= 0.3 is 0 Å². The maximum Gasteiger partial charge on any atom is 0.267 e. The number of phenolic OH excluding ortho intramolecular Hbond substituents is 1. The van der Waals surface area contributed by atoms with Gasteiger partial charge in [0.2, 0.25) is 5.91 Å². The highest BCUT2D eigenvalue weighted by molar-refractivity contribution is 6.32. The fraction of sp³-hybridized carbons (Fsp3) is 0.231. The average Bonchev–Trinajstić information content (AvgIpc) is 2.70. The summed E-state index contributed by atoms with van der Waals surface area (Å²) in [4.78, 5) is 23.1. The van der Waals surface area contributed by atoms with Gasteiger partial charge < -0.3 is 15.9 Å². The minimum Gasteiger partial charge on any atom is -0.506 e. The topological polar surface area (TPSA) is 112 Å². The number of rotatable bonds is 4. The van der Waals surface area contributed by atoms with Crippen LogP contribution in [0, 0.1) is 6.92 Å². The molecular formula is C13H14ClN3O3. The second-order valence-corrected chi connectivity index (χ2v) is 4.96. The summed E-state index contributed by atoms with van der Waals surface area (Å²) in [6, 6.07) is 4.55. The van der Waals surface area contributed by atoms with Crippen molar-refractivity contribution in [2.24, 2.45) is 5.73 Å². The summed E-state index contributed by atoms with van der Waals surface area (Å²) >= 11 is 5.88. The van der Waals surface area contributed by atoms with Crippen LogP contribution in [0.1, 0.15) is 29.2 Å². The number of primary amides is 1. The highest BCUT2D eigenvalue weighted by Crippen LogP contribution is 2.32. The lowest BCUT2D eigenvalue weighted by Gasteiger charge is -2.15. The Morgan fingerprint density at radius 3 is 2.65 bits per heavy atom.